The zero-order valence-electron chi connectivity index (χ0n) is 15.5. The molecule has 1 aromatic rings. The number of carbonyl (C=O) groups is 1. The number of carbonyl (C=O) groups excluding carboxylic acids is 1. The molecule has 1 rings (SSSR count). The van der Waals surface area contributed by atoms with E-state index < -0.39 is 10.8 Å². The van der Waals surface area contributed by atoms with Crippen LogP contribution in [0.15, 0.2) is 30.3 Å². The van der Waals surface area contributed by atoms with Crippen LogP contribution in [-0.4, -0.2) is 21.5 Å². The van der Waals surface area contributed by atoms with Gasteiger partial charge in [-0.1, -0.05) is 82.2 Å². The molecule has 0 radical (unpaired) electrons. The summed E-state index contributed by atoms with van der Waals surface area (Å²) in [7, 11) is -0.793. The molecule has 0 aromatic heterocycles. The topological polar surface area (TPSA) is 34.1 Å². The standard InChI is InChI=1S/C21H34O2S/c1-3-4-5-6-7-8-9-13-17-24(23)18-16-21(19(2)22)20-14-11-10-12-15-20/h10-12,14-15,21H,3-9,13,16-18H2,1-2H3. The highest BCUT2D eigenvalue weighted by molar-refractivity contribution is 7.84. The van der Waals surface area contributed by atoms with Crippen molar-refractivity contribution in [3.63, 3.8) is 0 Å². The molecule has 1 aromatic carbocycles. The fourth-order valence-electron chi connectivity index (χ4n) is 3.04. The van der Waals surface area contributed by atoms with Gasteiger partial charge in [0.25, 0.3) is 0 Å². The van der Waals surface area contributed by atoms with Crippen LogP contribution in [-0.2, 0) is 15.6 Å². The highest BCUT2D eigenvalue weighted by Gasteiger charge is 2.17. The number of Topliss-reactive ketones (excluding diaryl/α,β-unsaturated/α-hetero) is 1. The SMILES string of the molecule is CCCCCCCCCCS(=O)CCC(C(C)=O)c1ccccc1. The molecule has 0 saturated carbocycles. The number of unbranched alkanes of at least 4 members (excludes halogenated alkanes) is 7. The maximum Gasteiger partial charge on any atom is 0.137 e. The Morgan fingerprint density at radius 2 is 1.50 bits per heavy atom. The minimum Gasteiger partial charge on any atom is -0.299 e. The van der Waals surface area contributed by atoms with Gasteiger partial charge in [0.05, 0.1) is 0 Å². The second-order valence-electron chi connectivity index (χ2n) is 6.69. The summed E-state index contributed by atoms with van der Waals surface area (Å²) in [6.07, 6.45) is 10.9. The highest BCUT2D eigenvalue weighted by atomic mass is 32.2. The van der Waals surface area contributed by atoms with Crippen molar-refractivity contribution in [1.29, 1.82) is 0 Å². The fraction of sp³-hybridized carbons (Fsp3) is 0.667. The van der Waals surface area contributed by atoms with E-state index in [1.165, 1.54) is 44.9 Å². The van der Waals surface area contributed by atoms with Gasteiger partial charge in [-0.15, -0.1) is 0 Å². The highest BCUT2D eigenvalue weighted by Crippen LogP contribution is 2.21. The van der Waals surface area contributed by atoms with Gasteiger partial charge in [-0.2, -0.15) is 0 Å². The molecule has 0 amide bonds. The third kappa shape index (κ3) is 9.36. The second-order valence-corrected chi connectivity index (χ2v) is 8.38. The molecular weight excluding hydrogens is 316 g/mol. The molecule has 0 spiro atoms. The lowest BCUT2D eigenvalue weighted by Gasteiger charge is -2.14. The number of hydrogen-bond acceptors (Lipinski definition) is 2. The summed E-state index contributed by atoms with van der Waals surface area (Å²) in [6, 6.07) is 9.87. The molecule has 0 bridgehead atoms. The average Bonchev–Trinajstić information content (AvgIpc) is 2.58. The van der Waals surface area contributed by atoms with Crippen LogP contribution in [0, 0.1) is 0 Å². The lowest BCUT2D eigenvalue weighted by molar-refractivity contribution is -0.118. The monoisotopic (exact) mass is 350 g/mol. The first-order valence-corrected chi connectivity index (χ1v) is 11.0. The van der Waals surface area contributed by atoms with Gasteiger partial charge in [-0.3, -0.25) is 9.00 Å². The van der Waals surface area contributed by atoms with Crippen molar-refractivity contribution >= 4 is 16.6 Å². The Morgan fingerprint density at radius 3 is 2.08 bits per heavy atom. The summed E-state index contributed by atoms with van der Waals surface area (Å²) in [5.41, 5.74) is 1.05. The minimum absolute atomic E-state index is 0.103. The number of benzene rings is 1. The van der Waals surface area contributed by atoms with E-state index in [1.807, 2.05) is 30.3 Å². The van der Waals surface area contributed by atoms with E-state index in [1.54, 1.807) is 6.92 Å². The van der Waals surface area contributed by atoms with E-state index in [2.05, 4.69) is 6.92 Å². The van der Waals surface area contributed by atoms with E-state index in [4.69, 9.17) is 0 Å². The van der Waals surface area contributed by atoms with Crippen LogP contribution < -0.4 is 0 Å². The Balaban J connectivity index is 2.17. The third-order valence-corrected chi connectivity index (χ3v) is 5.99. The average molecular weight is 351 g/mol. The predicted octanol–water partition coefficient (Wildman–Crippen LogP) is 5.64. The molecule has 0 saturated heterocycles. The molecule has 0 aliphatic rings. The van der Waals surface area contributed by atoms with E-state index in [-0.39, 0.29) is 11.7 Å². The molecule has 0 heterocycles. The molecule has 3 heteroatoms. The first-order valence-electron chi connectivity index (χ1n) is 9.55. The lowest BCUT2D eigenvalue weighted by atomic mass is 9.93. The number of hydrogen-bond donors (Lipinski definition) is 0. The van der Waals surface area contributed by atoms with Gasteiger partial charge in [-0.25, -0.2) is 0 Å². The van der Waals surface area contributed by atoms with Crippen molar-refractivity contribution in [2.75, 3.05) is 11.5 Å². The lowest BCUT2D eigenvalue weighted by Crippen LogP contribution is -2.13. The quantitative estimate of drug-likeness (QED) is 0.407. The summed E-state index contributed by atoms with van der Waals surface area (Å²) in [5.74, 6) is 1.49. The van der Waals surface area contributed by atoms with Crippen molar-refractivity contribution < 1.29 is 9.00 Å². The first kappa shape index (κ1) is 21.1. The molecule has 2 unspecified atom stereocenters. The summed E-state index contributed by atoms with van der Waals surface area (Å²) in [5, 5.41) is 0. The second kappa shape index (κ2) is 13.3. The predicted molar refractivity (Wildman–Crippen MR) is 105 cm³/mol. The Bertz CT molecular complexity index is 470. The van der Waals surface area contributed by atoms with Crippen LogP contribution >= 0.6 is 0 Å². The Labute approximate surface area is 150 Å². The van der Waals surface area contributed by atoms with Gasteiger partial charge >= 0.3 is 0 Å². The van der Waals surface area contributed by atoms with Crippen LogP contribution in [0.1, 0.15) is 83.1 Å². The van der Waals surface area contributed by atoms with Crippen molar-refractivity contribution in [2.24, 2.45) is 0 Å². The van der Waals surface area contributed by atoms with E-state index in [0.29, 0.717) is 12.2 Å². The zero-order chi connectivity index (χ0) is 17.6. The Hall–Kier alpha value is -0.960. The molecular formula is C21H34O2S. The molecule has 0 N–H and O–H groups in total. The maximum absolute atomic E-state index is 12.2. The first-order chi connectivity index (χ1) is 11.6. The van der Waals surface area contributed by atoms with Gasteiger partial charge in [0.1, 0.15) is 5.78 Å². The van der Waals surface area contributed by atoms with E-state index >= 15 is 0 Å². The van der Waals surface area contributed by atoms with Gasteiger partial charge in [0.2, 0.25) is 0 Å². The van der Waals surface area contributed by atoms with E-state index in [9.17, 15) is 9.00 Å². The van der Waals surface area contributed by atoms with Crippen LogP contribution in [0.25, 0.3) is 0 Å². The van der Waals surface area contributed by atoms with Crippen LogP contribution in [0.3, 0.4) is 0 Å². The molecule has 0 fully saturated rings. The zero-order valence-corrected chi connectivity index (χ0v) is 16.3. The summed E-state index contributed by atoms with van der Waals surface area (Å²) >= 11 is 0. The third-order valence-electron chi connectivity index (χ3n) is 4.55. The summed E-state index contributed by atoms with van der Waals surface area (Å²) in [6.45, 7) is 3.88. The number of ketones is 1. The maximum atomic E-state index is 12.2. The van der Waals surface area contributed by atoms with E-state index in [0.717, 1.165) is 17.7 Å². The van der Waals surface area contributed by atoms with Gasteiger partial charge in [-0.05, 0) is 25.3 Å². The number of rotatable bonds is 14. The minimum atomic E-state index is -0.793. The van der Waals surface area contributed by atoms with Crippen molar-refractivity contribution in [3.05, 3.63) is 35.9 Å². The summed E-state index contributed by atoms with van der Waals surface area (Å²) in [4.78, 5) is 11.9. The molecule has 2 nitrogen and oxygen atoms in total. The molecule has 2 atom stereocenters. The van der Waals surface area contributed by atoms with Gasteiger partial charge in [0.15, 0.2) is 0 Å². The molecule has 0 aliphatic heterocycles. The molecule has 24 heavy (non-hydrogen) atoms. The normalized spacial score (nSPS) is 13.6. The van der Waals surface area contributed by atoms with Gasteiger partial charge < -0.3 is 0 Å². The van der Waals surface area contributed by atoms with Crippen molar-refractivity contribution in [2.45, 2.75) is 77.6 Å². The van der Waals surface area contributed by atoms with Crippen molar-refractivity contribution in [1.82, 2.24) is 0 Å². The van der Waals surface area contributed by atoms with Crippen LogP contribution in [0.4, 0.5) is 0 Å². The Kier molecular flexibility index (Phi) is 11.7. The molecule has 0 aliphatic carbocycles. The summed E-state index contributed by atoms with van der Waals surface area (Å²) < 4.78 is 12.2. The largest absolute Gasteiger partial charge is 0.299 e. The fourth-order valence-corrected chi connectivity index (χ4v) is 4.27. The smallest absolute Gasteiger partial charge is 0.137 e. The molecule has 136 valence electrons. The van der Waals surface area contributed by atoms with Crippen LogP contribution in [0.2, 0.25) is 0 Å². The Morgan fingerprint density at radius 1 is 0.917 bits per heavy atom. The van der Waals surface area contributed by atoms with Crippen LogP contribution in [0.5, 0.6) is 0 Å². The van der Waals surface area contributed by atoms with Crippen molar-refractivity contribution in [3.8, 4) is 0 Å². The van der Waals surface area contributed by atoms with Gasteiger partial charge in [0, 0.05) is 28.2 Å².